The number of fused-ring (bicyclic) bond motifs is 3. The molecule has 7 heteroatoms. The second kappa shape index (κ2) is 7.02. The van der Waals surface area contributed by atoms with Crippen LogP contribution in [0.5, 0.6) is 11.5 Å². The van der Waals surface area contributed by atoms with Crippen molar-refractivity contribution in [2.24, 2.45) is 11.3 Å². The minimum atomic E-state index is -0.0151. The second-order valence-corrected chi connectivity index (χ2v) is 11.9. The fraction of sp³-hybridized carbons (Fsp3) is 0.643. The lowest BCUT2D eigenvalue weighted by Gasteiger charge is -2.66. The lowest BCUT2D eigenvalue weighted by Crippen LogP contribution is -2.72. The fourth-order valence-corrected chi connectivity index (χ4v) is 9.07. The standard InChI is InChI=1S/C28H34N4O3/c1-34-21-6-5-19-15-22-27-8-7-20(32(14-9-27)23(33)17-31-12-2-11-29-31)26-28(27,24(19)25(21)35-26)10-13-30(22)16-18-3-4-18/h2,5-6,11-12,18,20,22,26H,3-4,7-10,13-17H2,1H3/t20-,22-,26+,27-,28+/m1/s1. The van der Waals surface area contributed by atoms with Gasteiger partial charge in [0.15, 0.2) is 11.5 Å². The highest BCUT2D eigenvalue weighted by atomic mass is 16.5. The number of hydrogen-bond donors (Lipinski definition) is 0. The number of amides is 1. The monoisotopic (exact) mass is 474 g/mol. The van der Waals surface area contributed by atoms with E-state index in [0.29, 0.717) is 12.6 Å². The average Bonchev–Trinajstić information content (AvgIpc) is 3.49. The van der Waals surface area contributed by atoms with Crippen molar-refractivity contribution < 1.29 is 14.3 Å². The number of methoxy groups -OCH3 is 1. The quantitative estimate of drug-likeness (QED) is 0.667. The van der Waals surface area contributed by atoms with Gasteiger partial charge in [0.1, 0.15) is 12.6 Å². The summed E-state index contributed by atoms with van der Waals surface area (Å²) in [5, 5.41) is 4.31. The summed E-state index contributed by atoms with van der Waals surface area (Å²) >= 11 is 0. The van der Waals surface area contributed by atoms with Crippen LogP contribution in [0, 0.1) is 11.3 Å². The Kier molecular flexibility index (Phi) is 4.14. The van der Waals surface area contributed by atoms with E-state index in [4.69, 9.17) is 9.47 Å². The Morgan fingerprint density at radius 3 is 2.91 bits per heavy atom. The molecule has 35 heavy (non-hydrogen) atoms. The van der Waals surface area contributed by atoms with Gasteiger partial charge in [-0.15, -0.1) is 0 Å². The summed E-state index contributed by atoms with van der Waals surface area (Å²) in [4.78, 5) is 18.7. The van der Waals surface area contributed by atoms with E-state index in [-0.39, 0.29) is 28.9 Å². The number of ether oxygens (including phenoxy) is 2. The van der Waals surface area contributed by atoms with E-state index in [0.717, 1.165) is 56.2 Å². The first-order chi connectivity index (χ1) is 17.1. The third-order valence-electron chi connectivity index (χ3n) is 10.6. The van der Waals surface area contributed by atoms with Crippen LogP contribution in [-0.4, -0.2) is 70.4 Å². The average molecular weight is 475 g/mol. The third kappa shape index (κ3) is 2.55. The molecule has 7 aliphatic rings. The third-order valence-corrected chi connectivity index (χ3v) is 10.6. The van der Waals surface area contributed by atoms with E-state index >= 15 is 0 Å². The molecule has 1 amide bonds. The van der Waals surface area contributed by atoms with Gasteiger partial charge in [-0.1, -0.05) is 6.07 Å². The Hall–Kier alpha value is -2.54. The summed E-state index contributed by atoms with van der Waals surface area (Å²) < 4.78 is 14.6. The molecule has 0 N–H and O–H groups in total. The van der Waals surface area contributed by atoms with Crippen molar-refractivity contribution in [1.29, 1.82) is 0 Å². The van der Waals surface area contributed by atoms with Crippen molar-refractivity contribution in [1.82, 2.24) is 19.6 Å². The van der Waals surface area contributed by atoms with E-state index in [9.17, 15) is 4.79 Å². The number of piperidine rings is 1. The van der Waals surface area contributed by atoms with Crippen molar-refractivity contribution in [3.63, 3.8) is 0 Å². The molecule has 4 bridgehead atoms. The van der Waals surface area contributed by atoms with Crippen LogP contribution in [0.1, 0.15) is 49.7 Å². The van der Waals surface area contributed by atoms with E-state index in [2.05, 4.69) is 27.0 Å². The molecule has 5 atom stereocenters. The first-order valence-corrected chi connectivity index (χ1v) is 13.5. The largest absolute Gasteiger partial charge is 0.493 e. The minimum Gasteiger partial charge on any atom is -0.493 e. The molecule has 0 unspecified atom stereocenters. The highest BCUT2D eigenvalue weighted by molar-refractivity contribution is 5.77. The van der Waals surface area contributed by atoms with Crippen molar-refractivity contribution in [2.75, 3.05) is 26.7 Å². The fourth-order valence-electron chi connectivity index (χ4n) is 9.07. The summed E-state index contributed by atoms with van der Waals surface area (Å²) in [5.74, 6) is 2.89. The van der Waals surface area contributed by atoms with Gasteiger partial charge in [-0.05, 0) is 75.1 Å². The number of nitrogens with zero attached hydrogens (tertiary/aromatic N) is 4. The van der Waals surface area contributed by atoms with Crippen LogP contribution in [0.25, 0.3) is 0 Å². The van der Waals surface area contributed by atoms with Crippen LogP contribution in [0.2, 0.25) is 0 Å². The molecule has 5 fully saturated rings. The van der Waals surface area contributed by atoms with Gasteiger partial charge in [0.05, 0.1) is 13.2 Å². The van der Waals surface area contributed by atoms with Crippen molar-refractivity contribution in [3.8, 4) is 11.5 Å². The molecule has 2 aromatic rings. The molecule has 7 nitrogen and oxygen atoms in total. The molecular formula is C28H34N4O3. The Morgan fingerprint density at radius 2 is 2.11 bits per heavy atom. The molecule has 0 radical (unpaired) electrons. The molecule has 4 aliphatic heterocycles. The van der Waals surface area contributed by atoms with Gasteiger partial charge in [-0.3, -0.25) is 14.4 Å². The molecule has 2 spiro atoms. The van der Waals surface area contributed by atoms with Crippen LogP contribution >= 0.6 is 0 Å². The number of aromatic nitrogens is 2. The van der Waals surface area contributed by atoms with Gasteiger partial charge in [0.2, 0.25) is 5.91 Å². The minimum absolute atomic E-state index is 0.0104. The summed E-state index contributed by atoms with van der Waals surface area (Å²) in [6.45, 7) is 3.52. The molecule has 1 aromatic carbocycles. The first kappa shape index (κ1) is 20.6. The van der Waals surface area contributed by atoms with Crippen molar-refractivity contribution in [2.45, 2.75) is 75.1 Å². The maximum absolute atomic E-state index is 13.7. The Bertz CT molecular complexity index is 1190. The predicted molar refractivity (Wildman–Crippen MR) is 130 cm³/mol. The van der Waals surface area contributed by atoms with Gasteiger partial charge in [0, 0.05) is 47.9 Å². The lowest BCUT2D eigenvalue weighted by atomic mass is 9.42. The zero-order valence-electron chi connectivity index (χ0n) is 20.5. The number of likely N-dealkylation sites (tertiary alicyclic amines) is 1. The van der Waals surface area contributed by atoms with Crippen LogP contribution in [0.15, 0.2) is 30.6 Å². The maximum Gasteiger partial charge on any atom is 0.244 e. The van der Waals surface area contributed by atoms with E-state index in [1.54, 1.807) is 18.0 Å². The molecule has 3 saturated heterocycles. The topological polar surface area (TPSA) is 59.8 Å². The van der Waals surface area contributed by atoms with Gasteiger partial charge in [0.25, 0.3) is 0 Å². The SMILES string of the molecule is COc1ccc2c3c1O[C@H]1[C@H]4CC[C@@]5(CCN4C(=O)Cn4cccn4)[C@@H](C2)N(CC2CC2)CC[C@]315. The zero-order valence-corrected chi connectivity index (χ0v) is 20.5. The number of carbonyl (C=O) groups excluding carboxylic acids is 1. The second-order valence-electron chi connectivity index (χ2n) is 11.9. The molecular weight excluding hydrogens is 440 g/mol. The van der Waals surface area contributed by atoms with Crippen molar-refractivity contribution in [3.05, 3.63) is 41.7 Å². The van der Waals surface area contributed by atoms with Crippen LogP contribution in [-0.2, 0) is 23.2 Å². The molecule has 1 aromatic heterocycles. The Morgan fingerprint density at radius 1 is 1.20 bits per heavy atom. The number of carbonyl (C=O) groups is 1. The summed E-state index contributed by atoms with van der Waals surface area (Å²) in [7, 11) is 1.75. The number of benzene rings is 1. The number of hydrogen-bond acceptors (Lipinski definition) is 5. The van der Waals surface area contributed by atoms with Gasteiger partial charge >= 0.3 is 0 Å². The van der Waals surface area contributed by atoms with E-state index in [1.807, 2.05) is 12.3 Å². The molecule has 2 saturated carbocycles. The zero-order chi connectivity index (χ0) is 23.4. The first-order valence-electron chi connectivity index (χ1n) is 13.5. The number of rotatable bonds is 5. The summed E-state index contributed by atoms with van der Waals surface area (Å²) in [5.41, 5.74) is 3.04. The van der Waals surface area contributed by atoms with Crippen molar-refractivity contribution >= 4 is 5.91 Å². The Labute approximate surface area is 206 Å². The summed E-state index contributed by atoms with van der Waals surface area (Å²) in [6, 6.07) is 6.95. The predicted octanol–water partition coefficient (Wildman–Crippen LogP) is 3.01. The smallest absolute Gasteiger partial charge is 0.244 e. The van der Waals surface area contributed by atoms with E-state index < -0.39 is 0 Å². The highest BCUT2D eigenvalue weighted by Gasteiger charge is 2.74. The van der Waals surface area contributed by atoms with Crippen LogP contribution in [0.3, 0.4) is 0 Å². The molecule has 184 valence electrons. The molecule has 9 rings (SSSR count). The van der Waals surface area contributed by atoms with Gasteiger partial charge in [-0.2, -0.15) is 5.10 Å². The van der Waals surface area contributed by atoms with Gasteiger partial charge in [-0.25, -0.2) is 0 Å². The van der Waals surface area contributed by atoms with Crippen LogP contribution < -0.4 is 9.47 Å². The molecule has 3 aliphatic carbocycles. The summed E-state index contributed by atoms with van der Waals surface area (Å²) in [6.07, 6.45) is 11.9. The Balaban J connectivity index is 1.27. The van der Waals surface area contributed by atoms with Gasteiger partial charge < -0.3 is 14.4 Å². The normalized spacial score (nSPS) is 36.5. The maximum atomic E-state index is 13.7. The molecule has 5 heterocycles. The lowest BCUT2D eigenvalue weighted by molar-refractivity contribution is -0.144. The highest BCUT2D eigenvalue weighted by Crippen LogP contribution is 2.71. The van der Waals surface area contributed by atoms with Crippen LogP contribution in [0.4, 0.5) is 0 Å². The van der Waals surface area contributed by atoms with E-state index in [1.165, 1.54) is 36.9 Å².